The van der Waals surface area contributed by atoms with Crippen LogP contribution in [0, 0.1) is 0 Å². The maximum atomic E-state index is 10.9. The van der Waals surface area contributed by atoms with Crippen LogP contribution in [0.25, 0.3) is 0 Å². The first-order valence-corrected chi connectivity index (χ1v) is 4.82. The molecule has 4 nitrogen and oxygen atoms in total. The molecule has 11 heavy (non-hydrogen) atoms. The van der Waals surface area contributed by atoms with E-state index in [9.17, 15) is 8.42 Å². The van der Waals surface area contributed by atoms with Crippen LogP contribution in [0.4, 0.5) is 0 Å². The lowest BCUT2D eigenvalue weighted by Gasteiger charge is -2.08. The van der Waals surface area contributed by atoms with E-state index in [1.54, 1.807) is 18.2 Å². The van der Waals surface area contributed by atoms with Crippen LogP contribution in [0.2, 0.25) is 0 Å². The van der Waals surface area contributed by atoms with Crippen LogP contribution in [-0.2, 0) is 10.0 Å². The van der Waals surface area contributed by atoms with Crippen molar-refractivity contribution in [3.63, 3.8) is 0 Å². The fourth-order valence-corrected chi connectivity index (χ4v) is 1.09. The van der Waals surface area contributed by atoms with Gasteiger partial charge in [0.15, 0.2) is 0 Å². The topological polar surface area (TPSA) is 49.7 Å². The molecule has 0 N–H and O–H groups in total. The minimum atomic E-state index is -3.24. The van der Waals surface area contributed by atoms with Gasteiger partial charge in [-0.15, -0.1) is 0 Å². The lowest BCUT2D eigenvalue weighted by atomic mass is 10.5. The fourth-order valence-electron chi connectivity index (χ4n) is 0.576. The number of allylic oxidation sites excluding steroid dienone is 3. The first-order chi connectivity index (χ1) is 5.11. The molecule has 0 saturated heterocycles. The molecular formula is C6H8N2O2S. The first-order valence-electron chi connectivity index (χ1n) is 2.97. The van der Waals surface area contributed by atoms with Gasteiger partial charge in [-0.1, -0.05) is 6.08 Å². The smallest absolute Gasteiger partial charge is 0.205 e. The average molecular weight is 172 g/mol. The van der Waals surface area contributed by atoms with Crippen molar-refractivity contribution in [2.45, 2.75) is 0 Å². The molecule has 0 radical (unpaired) electrons. The average Bonchev–Trinajstić information content (AvgIpc) is 2.10. The van der Waals surface area contributed by atoms with Gasteiger partial charge in [0.1, 0.15) is 0 Å². The van der Waals surface area contributed by atoms with E-state index in [0.29, 0.717) is 0 Å². The summed E-state index contributed by atoms with van der Waals surface area (Å²) < 4.78 is 22.7. The molecule has 0 bridgehead atoms. The summed E-state index contributed by atoms with van der Waals surface area (Å²) in [7, 11) is -3.24. The van der Waals surface area contributed by atoms with Crippen LogP contribution in [0.3, 0.4) is 0 Å². The maximum Gasteiger partial charge on any atom is 0.250 e. The monoisotopic (exact) mass is 172 g/mol. The Morgan fingerprint density at radius 2 is 2.00 bits per heavy atom. The molecule has 5 heteroatoms. The first kappa shape index (κ1) is 8.00. The normalized spacial score (nSPS) is 17.0. The highest BCUT2D eigenvalue weighted by atomic mass is 32.2. The molecular weight excluding hydrogens is 164 g/mol. The summed E-state index contributed by atoms with van der Waals surface area (Å²) in [4.78, 5) is 0. The van der Waals surface area contributed by atoms with E-state index in [1.807, 2.05) is 0 Å². The highest BCUT2D eigenvalue weighted by molar-refractivity contribution is 7.88. The van der Waals surface area contributed by atoms with Crippen molar-refractivity contribution >= 4 is 16.2 Å². The third-order valence-corrected chi connectivity index (χ3v) is 1.94. The quantitative estimate of drug-likeness (QED) is 0.571. The zero-order chi connectivity index (χ0) is 8.32. The Kier molecular flexibility index (Phi) is 2.09. The van der Waals surface area contributed by atoms with Gasteiger partial charge >= 0.3 is 0 Å². The molecule has 1 heterocycles. The van der Waals surface area contributed by atoms with Crippen molar-refractivity contribution in [3.05, 3.63) is 24.4 Å². The third kappa shape index (κ3) is 2.19. The van der Waals surface area contributed by atoms with Gasteiger partial charge in [0, 0.05) is 12.4 Å². The van der Waals surface area contributed by atoms with Gasteiger partial charge in [-0.2, -0.15) is 9.52 Å². The third-order valence-electron chi connectivity index (χ3n) is 1.04. The van der Waals surface area contributed by atoms with Crippen molar-refractivity contribution in [2.75, 3.05) is 6.26 Å². The van der Waals surface area contributed by atoms with E-state index < -0.39 is 10.0 Å². The summed E-state index contributed by atoms with van der Waals surface area (Å²) in [5.41, 5.74) is 0. The molecule has 0 aromatic rings. The molecule has 0 unspecified atom stereocenters. The molecule has 60 valence electrons. The van der Waals surface area contributed by atoms with Gasteiger partial charge in [0.2, 0.25) is 0 Å². The molecule has 0 aromatic heterocycles. The van der Waals surface area contributed by atoms with Crippen molar-refractivity contribution < 1.29 is 8.42 Å². The zero-order valence-corrected chi connectivity index (χ0v) is 6.82. The summed E-state index contributed by atoms with van der Waals surface area (Å²) in [5.74, 6) is 0. The van der Waals surface area contributed by atoms with Crippen molar-refractivity contribution in [3.8, 4) is 0 Å². The van der Waals surface area contributed by atoms with Crippen molar-refractivity contribution in [1.29, 1.82) is 0 Å². The minimum absolute atomic E-state index is 0.910. The Morgan fingerprint density at radius 3 is 2.64 bits per heavy atom. The van der Waals surface area contributed by atoms with Gasteiger partial charge < -0.3 is 0 Å². The number of hydrogen-bond acceptors (Lipinski definition) is 3. The second-order valence-corrected chi connectivity index (χ2v) is 3.87. The molecule has 0 aliphatic carbocycles. The molecule has 1 aliphatic rings. The van der Waals surface area contributed by atoms with Crippen LogP contribution in [0.1, 0.15) is 0 Å². The Morgan fingerprint density at radius 1 is 1.27 bits per heavy atom. The van der Waals surface area contributed by atoms with Crippen LogP contribution in [-0.4, -0.2) is 25.3 Å². The largest absolute Gasteiger partial charge is 0.250 e. The van der Waals surface area contributed by atoms with Crippen LogP contribution >= 0.6 is 0 Å². The van der Waals surface area contributed by atoms with E-state index in [4.69, 9.17) is 0 Å². The van der Waals surface area contributed by atoms with Gasteiger partial charge in [-0.25, -0.2) is 8.42 Å². The Hall–Kier alpha value is -1.10. The summed E-state index contributed by atoms with van der Waals surface area (Å²) in [5, 5.41) is 3.64. The summed E-state index contributed by atoms with van der Waals surface area (Å²) in [6.45, 7) is 0. The van der Waals surface area contributed by atoms with Crippen LogP contribution in [0.15, 0.2) is 29.5 Å². The van der Waals surface area contributed by atoms with E-state index >= 15 is 0 Å². The van der Waals surface area contributed by atoms with Crippen molar-refractivity contribution in [1.82, 2.24) is 4.41 Å². The van der Waals surface area contributed by atoms with Gasteiger partial charge in [0.25, 0.3) is 10.0 Å². The molecule has 1 rings (SSSR count). The maximum absolute atomic E-state index is 10.9. The van der Waals surface area contributed by atoms with Crippen molar-refractivity contribution in [2.24, 2.45) is 5.10 Å². The minimum Gasteiger partial charge on any atom is -0.205 e. The number of rotatable bonds is 1. The predicted octanol–water partition coefficient (Wildman–Crippen LogP) is 0.317. The highest BCUT2D eigenvalue weighted by Crippen LogP contribution is 2.01. The molecule has 0 atom stereocenters. The molecule has 0 fully saturated rings. The number of sulfonamides is 1. The Labute approximate surface area is 65.6 Å². The SMILES string of the molecule is CS(=O)(=O)N1C=CC=CC=N1. The van der Waals surface area contributed by atoms with Gasteiger partial charge in [-0.3, -0.25) is 0 Å². The number of nitrogens with zero attached hydrogens (tertiary/aromatic N) is 2. The second-order valence-electron chi connectivity index (χ2n) is 2.03. The van der Waals surface area contributed by atoms with Gasteiger partial charge in [0.05, 0.1) is 6.26 Å². The zero-order valence-electron chi connectivity index (χ0n) is 6.01. The number of hydrogen-bond donors (Lipinski definition) is 0. The van der Waals surface area contributed by atoms with E-state index in [0.717, 1.165) is 10.7 Å². The summed E-state index contributed by atoms with van der Waals surface area (Å²) >= 11 is 0. The lowest BCUT2D eigenvalue weighted by Crippen LogP contribution is -2.18. The molecule has 0 aromatic carbocycles. The van der Waals surface area contributed by atoms with E-state index in [1.165, 1.54) is 12.4 Å². The highest BCUT2D eigenvalue weighted by Gasteiger charge is 2.08. The number of hydrazone groups is 1. The second kappa shape index (κ2) is 2.87. The van der Waals surface area contributed by atoms with Crippen LogP contribution in [0.5, 0.6) is 0 Å². The fraction of sp³-hybridized carbons (Fsp3) is 0.167. The molecule has 0 amide bonds. The summed E-state index contributed by atoms with van der Waals surface area (Å²) in [6.07, 6.45) is 8.86. The predicted molar refractivity (Wildman–Crippen MR) is 43.5 cm³/mol. The molecule has 1 aliphatic heterocycles. The standard InChI is InChI=1S/C6H8N2O2S/c1-11(9,10)8-6-4-2-3-5-7-8/h2-6H,1H3. The van der Waals surface area contributed by atoms with Crippen LogP contribution < -0.4 is 0 Å². The summed E-state index contributed by atoms with van der Waals surface area (Å²) in [6, 6.07) is 0. The van der Waals surface area contributed by atoms with E-state index in [-0.39, 0.29) is 0 Å². The van der Waals surface area contributed by atoms with Gasteiger partial charge in [-0.05, 0) is 12.2 Å². The van der Waals surface area contributed by atoms with E-state index in [2.05, 4.69) is 5.10 Å². The lowest BCUT2D eigenvalue weighted by molar-refractivity contribution is 0.523. The Balaban J connectivity index is 2.93. The molecule has 0 saturated carbocycles. The molecule has 0 spiro atoms. The Bertz CT molecular complexity index is 297.